The molecule has 0 spiro atoms. The molecule has 1 saturated heterocycles. The number of aromatic hydroxyl groups is 1. The maximum atomic E-state index is 15.5. The number of phenols is 1. The van der Waals surface area contributed by atoms with Crippen LogP contribution in [-0.2, 0) is 30.4 Å². The van der Waals surface area contributed by atoms with Gasteiger partial charge in [-0.3, -0.25) is 38.6 Å². The van der Waals surface area contributed by atoms with Crippen molar-refractivity contribution < 1.29 is 43.4 Å². The van der Waals surface area contributed by atoms with Gasteiger partial charge in [0.25, 0.3) is 0 Å². The topological polar surface area (TPSA) is 179 Å². The van der Waals surface area contributed by atoms with Gasteiger partial charge in [-0.15, -0.1) is 0 Å². The number of likely N-dealkylation sites (N-methyl/N-ethyl adjacent to an activating group) is 2. The molecule has 4 aliphatic rings. The second kappa shape index (κ2) is 10.1. The molecule has 13 heteroatoms. The highest BCUT2D eigenvalue weighted by molar-refractivity contribution is 6.32. The van der Waals surface area contributed by atoms with Crippen LogP contribution in [-0.4, -0.2) is 107 Å². The minimum atomic E-state index is -2.87. The number of likely N-dealkylation sites (tertiary alicyclic amines) is 1. The molecule has 1 aliphatic heterocycles. The summed E-state index contributed by atoms with van der Waals surface area (Å²) < 4.78 is 15.5. The van der Waals surface area contributed by atoms with Crippen LogP contribution in [0.15, 0.2) is 6.07 Å². The van der Waals surface area contributed by atoms with Gasteiger partial charge < -0.3 is 20.8 Å². The number of anilines is 1. The van der Waals surface area contributed by atoms with Crippen LogP contribution in [0.3, 0.4) is 0 Å². The van der Waals surface area contributed by atoms with Gasteiger partial charge in [0, 0.05) is 24.6 Å². The zero-order valence-electron chi connectivity index (χ0n) is 23.1. The van der Waals surface area contributed by atoms with Crippen LogP contribution >= 0.6 is 0 Å². The van der Waals surface area contributed by atoms with E-state index in [0.29, 0.717) is 0 Å². The number of nitrogens with zero attached hydrogens (tertiary/aromatic N) is 3. The van der Waals surface area contributed by atoms with E-state index in [0.717, 1.165) is 36.9 Å². The molecule has 1 heterocycles. The van der Waals surface area contributed by atoms with Gasteiger partial charge >= 0.3 is 0 Å². The molecule has 3 fully saturated rings. The number of hydrogen-bond donors (Lipinski definition) is 3. The molecular weight excluding hydrogens is 539 g/mol. The summed E-state index contributed by atoms with van der Waals surface area (Å²) in [7, 11) is 4.31. The molecule has 41 heavy (non-hydrogen) atoms. The van der Waals surface area contributed by atoms with Crippen molar-refractivity contribution in [3.63, 3.8) is 0 Å². The second-order valence-electron chi connectivity index (χ2n) is 11.8. The number of hydrogen-bond acceptors (Lipinski definition) is 10. The molecule has 0 aromatic heterocycles. The number of halogens is 1. The molecule has 6 atom stereocenters. The van der Waals surface area contributed by atoms with Crippen LogP contribution in [0.1, 0.15) is 35.2 Å². The number of phenolic OH excluding ortho intramolecular Hbond substituents is 1. The molecule has 2 unspecified atom stereocenters. The lowest BCUT2D eigenvalue weighted by Crippen LogP contribution is -2.74. The Labute approximate surface area is 235 Å². The molecule has 2 saturated carbocycles. The van der Waals surface area contributed by atoms with Crippen LogP contribution in [0.2, 0.25) is 0 Å². The average Bonchev–Trinajstić information content (AvgIpc) is 3.40. The summed E-state index contributed by atoms with van der Waals surface area (Å²) in [6.45, 7) is 1.50. The molecule has 220 valence electrons. The molecule has 1 aromatic carbocycles. The number of aliphatic hydroxyl groups is 1. The smallest absolute Gasteiger partial charge is 0.241 e. The molecule has 12 nitrogen and oxygen atoms in total. The van der Waals surface area contributed by atoms with Crippen molar-refractivity contribution in [2.24, 2.45) is 29.4 Å². The number of ketones is 4. The molecule has 5 rings (SSSR count). The number of carbonyl (C=O) groups excluding carboxylic acids is 6. The predicted molar refractivity (Wildman–Crippen MR) is 140 cm³/mol. The van der Waals surface area contributed by atoms with Gasteiger partial charge in [0.05, 0.1) is 29.8 Å². The Morgan fingerprint density at radius 3 is 2.34 bits per heavy atom. The Morgan fingerprint density at radius 2 is 1.76 bits per heavy atom. The third-order valence-corrected chi connectivity index (χ3v) is 9.28. The van der Waals surface area contributed by atoms with E-state index in [-0.39, 0.29) is 30.6 Å². The zero-order chi connectivity index (χ0) is 30.1. The van der Waals surface area contributed by atoms with Crippen molar-refractivity contribution in [1.82, 2.24) is 9.80 Å². The molecule has 0 bridgehead atoms. The van der Waals surface area contributed by atoms with Gasteiger partial charge in [0.1, 0.15) is 5.82 Å². The lowest BCUT2D eigenvalue weighted by Gasteiger charge is -2.52. The number of rotatable bonds is 5. The molecule has 2 amide bonds. The fraction of sp³-hybridized carbons (Fsp3) is 0.571. The molecule has 4 N–H and O–H groups in total. The molecule has 3 aliphatic carbocycles. The first kappa shape index (κ1) is 29.0. The highest BCUT2D eigenvalue weighted by Gasteiger charge is 2.69. The van der Waals surface area contributed by atoms with Gasteiger partial charge in [-0.2, -0.15) is 0 Å². The SMILES string of the molecule is CN(C(=O)CN1CCCC1)c1cc(F)c2c(c1O)C(=O)C1C(=O)[C@]3(O)C(=O)C(C(N)=O)C(=O)[C@@H](N(C)C)[C@@H]3C[C@@H]1C2. The molecule has 0 radical (unpaired) electrons. The second-order valence-corrected chi connectivity index (χ2v) is 11.8. The van der Waals surface area contributed by atoms with Gasteiger partial charge in [-0.05, 0) is 58.8 Å². The summed E-state index contributed by atoms with van der Waals surface area (Å²) in [6, 6.07) is -0.272. The van der Waals surface area contributed by atoms with E-state index in [1.807, 2.05) is 4.90 Å². The van der Waals surface area contributed by atoms with Crippen molar-refractivity contribution in [2.75, 3.05) is 45.7 Å². The van der Waals surface area contributed by atoms with E-state index in [9.17, 15) is 39.0 Å². The largest absolute Gasteiger partial charge is 0.505 e. The number of benzene rings is 1. The standard InChI is InChI=1S/C28H33FN4O8/c1-31(2)21-14-9-12-8-13-15(29)10-16(32(3)17(34)11-33-6-4-5-7-33)22(35)19(13)23(36)18(12)25(38)28(14,41)26(39)20(24(21)37)27(30)40/h10,12,14,18,20-21,35,41H,4-9,11H2,1-3H3,(H2,30,40)/t12-,14-,18?,20?,21-,28-/m0/s1. The van der Waals surface area contributed by atoms with Crippen molar-refractivity contribution in [3.05, 3.63) is 23.0 Å². The number of carbonyl (C=O) groups is 6. The molecular formula is C28H33FN4O8. The van der Waals surface area contributed by atoms with Crippen LogP contribution in [0, 0.1) is 29.5 Å². The van der Waals surface area contributed by atoms with E-state index >= 15 is 4.39 Å². The molecule has 1 aromatic rings. The maximum Gasteiger partial charge on any atom is 0.241 e. The fourth-order valence-corrected chi connectivity index (χ4v) is 7.24. The number of Topliss-reactive ketones (excluding diaryl/α,β-unsaturated/α-hetero) is 4. The quantitative estimate of drug-likeness (QED) is 0.373. The van der Waals surface area contributed by atoms with Gasteiger partial charge in [-0.1, -0.05) is 0 Å². The first-order chi connectivity index (χ1) is 19.2. The zero-order valence-corrected chi connectivity index (χ0v) is 23.1. The van der Waals surface area contributed by atoms with Gasteiger partial charge in [0.2, 0.25) is 11.8 Å². The Balaban J connectivity index is 1.55. The Kier molecular flexibility index (Phi) is 7.11. The highest BCUT2D eigenvalue weighted by Crippen LogP contribution is 2.51. The minimum absolute atomic E-state index is 0.0368. The van der Waals surface area contributed by atoms with Crippen LogP contribution < -0.4 is 10.6 Å². The third-order valence-electron chi connectivity index (χ3n) is 9.28. The summed E-state index contributed by atoms with van der Waals surface area (Å²) in [5.41, 5.74) is 1.55. The van der Waals surface area contributed by atoms with Crippen molar-refractivity contribution in [2.45, 2.75) is 37.3 Å². The Bertz CT molecular complexity index is 1390. The Hall–Kier alpha value is -3.55. The maximum absolute atomic E-state index is 15.5. The lowest BCUT2D eigenvalue weighted by atomic mass is 9.52. The predicted octanol–water partition coefficient (Wildman–Crippen LogP) is -0.935. The van der Waals surface area contributed by atoms with Crippen molar-refractivity contribution in [1.29, 1.82) is 0 Å². The third kappa shape index (κ3) is 4.20. The summed E-state index contributed by atoms with van der Waals surface area (Å²) in [5.74, 6) is -13.7. The summed E-state index contributed by atoms with van der Waals surface area (Å²) in [6.07, 6.45) is 1.51. The Morgan fingerprint density at radius 1 is 1.12 bits per heavy atom. The lowest BCUT2D eigenvalue weighted by molar-refractivity contribution is -0.181. The van der Waals surface area contributed by atoms with Crippen molar-refractivity contribution in [3.8, 4) is 5.75 Å². The summed E-state index contributed by atoms with van der Waals surface area (Å²) in [5, 5.41) is 22.8. The van der Waals surface area contributed by atoms with Gasteiger partial charge in [0.15, 0.2) is 40.4 Å². The number of nitrogens with two attached hydrogens (primary N) is 1. The van der Waals surface area contributed by atoms with E-state index in [4.69, 9.17) is 5.73 Å². The monoisotopic (exact) mass is 572 g/mol. The van der Waals surface area contributed by atoms with E-state index < -0.39 is 87.4 Å². The first-order valence-electron chi connectivity index (χ1n) is 13.6. The number of primary amides is 1. The van der Waals surface area contributed by atoms with Crippen molar-refractivity contribution >= 4 is 40.6 Å². The number of amides is 2. The fourth-order valence-electron chi connectivity index (χ4n) is 7.24. The van der Waals surface area contributed by atoms with Crippen LogP contribution in [0.5, 0.6) is 5.75 Å². The van der Waals surface area contributed by atoms with E-state index in [2.05, 4.69) is 0 Å². The van der Waals surface area contributed by atoms with Crippen LogP contribution in [0.4, 0.5) is 10.1 Å². The average molecular weight is 573 g/mol. The first-order valence-corrected chi connectivity index (χ1v) is 13.6. The summed E-state index contributed by atoms with van der Waals surface area (Å²) in [4.78, 5) is 83.5. The van der Waals surface area contributed by atoms with E-state index in [1.165, 1.54) is 26.0 Å². The highest BCUT2D eigenvalue weighted by atomic mass is 19.1. The normalized spacial score (nSPS) is 31.6. The van der Waals surface area contributed by atoms with E-state index in [1.54, 1.807) is 0 Å². The minimum Gasteiger partial charge on any atom is -0.505 e. The summed E-state index contributed by atoms with van der Waals surface area (Å²) >= 11 is 0. The van der Waals surface area contributed by atoms with Gasteiger partial charge in [-0.25, -0.2) is 4.39 Å². The number of fused-ring (bicyclic) bond motifs is 3. The van der Waals surface area contributed by atoms with Crippen LogP contribution in [0.25, 0.3) is 0 Å².